The molecule has 41 heavy (non-hydrogen) atoms. The fourth-order valence-corrected chi connectivity index (χ4v) is 6.07. The predicted octanol–water partition coefficient (Wildman–Crippen LogP) is 1.05. The molecule has 9 atom stereocenters. The van der Waals surface area contributed by atoms with Crippen LogP contribution in [0.25, 0.3) is 0 Å². The number of benzene rings is 2. The van der Waals surface area contributed by atoms with Crippen molar-refractivity contribution >= 4 is 0 Å². The summed E-state index contributed by atoms with van der Waals surface area (Å²) in [6.45, 7) is 0.328. The second kappa shape index (κ2) is 10.7. The summed E-state index contributed by atoms with van der Waals surface area (Å²) in [5.74, 6) is -0.386. The smallest absolute Gasteiger partial charge is 0.359 e. The normalized spacial score (nSPS) is 35.4. The van der Waals surface area contributed by atoms with Gasteiger partial charge in [-0.05, 0) is 35.4 Å². The Bertz CT molecular complexity index is 1240. The Balaban J connectivity index is 1.26. The Morgan fingerprint density at radius 2 is 1.24 bits per heavy atom. The van der Waals surface area contributed by atoms with Gasteiger partial charge in [0.25, 0.3) is 0 Å². The summed E-state index contributed by atoms with van der Waals surface area (Å²) in [6.07, 6.45) is -5.35. The number of hydrogen-bond acceptors (Lipinski definition) is 13. The van der Waals surface area contributed by atoms with E-state index in [-0.39, 0.29) is 35.5 Å². The van der Waals surface area contributed by atoms with Gasteiger partial charge in [0, 0.05) is 11.8 Å². The fraction of sp³-hybridized carbons (Fsp3) is 0.571. The number of phenols is 1. The third-order valence-electron chi connectivity index (χ3n) is 8.27. The lowest BCUT2D eigenvalue weighted by Gasteiger charge is -2.32. The molecule has 4 aliphatic heterocycles. The zero-order chi connectivity index (χ0) is 29.1. The highest BCUT2D eigenvalue weighted by Gasteiger charge is 2.72. The molecule has 0 radical (unpaired) electrons. The van der Waals surface area contributed by atoms with Crippen LogP contribution >= 0.6 is 0 Å². The van der Waals surface area contributed by atoms with Crippen LogP contribution < -0.4 is 23.7 Å². The SMILES string of the molecule is COc1cc(C2OC[C@@H]3C(c4cc(OC)c(OC56OC(CO)C(O)C(O)C5O6)c(OC)c4)OC[C@H]23)cc(OC)c1O. The first kappa shape index (κ1) is 28.1. The minimum Gasteiger partial charge on any atom is -0.502 e. The highest BCUT2D eigenvalue weighted by Crippen LogP contribution is 2.55. The second-order valence-corrected chi connectivity index (χ2v) is 10.4. The van der Waals surface area contributed by atoms with Crippen LogP contribution in [0.5, 0.6) is 34.5 Å². The molecular formula is C28H34O13. The van der Waals surface area contributed by atoms with E-state index in [2.05, 4.69) is 0 Å². The standard InChI is InChI=1S/C28H34O13/c1-33-16-5-12(6-17(34-2)21(16)30)24-14-10-38-25(15(14)11-37-24)13-7-18(35-3)26(19(8-13)36-4)40-28-27(41-28)23(32)22(31)20(9-29)39-28/h5-8,14-15,20,22-25,27,29-32H,9-11H2,1-4H3/t14-,15-,20?,22?,23?,24?,25?,27?,28?/m0/s1. The average molecular weight is 579 g/mol. The van der Waals surface area contributed by atoms with E-state index >= 15 is 0 Å². The molecule has 13 heteroatoms. The molecule has 4 N–H and O–H groups in total. The quantitative estimate of drug-likeness (QED) is 0.312. The van der Waals surface area contributed by atoms with Crippen LogP contribution in [-0.4, -0.2) is 99.1 Å². The lowest BCUT2D eigenvalue weighted by atomic mass is 9.84. The van der Waals surface area contributed by atoms with Gasteiger partial charge >= 0.3 is 5.97 Å². The number of fused-ring (bicyclic) bond motifs is 2. The van der Waals surface area contributed by atoms with Gasteiger partial charge in [0.05, 0.1) is 60.5 Å². The van der Waals surface area contributed by atoms with Gasteiger partial charge in [-0.2, -0.15) is 0 Å². The maximum atomic E-state index is 10.4. The minimum atomic E-state index is -1.71. The zero-order valence-electron chi connectivity index (χ0n) is 23.0. The number of aromatic hydroxyl groups is 1. The number of phenolic OH excluding ortho intramolecular Hbond substituents is 1. The summed E-state index contributed by atoms with van der Waals surface area (Å²) < 4.78 is 51.7. The molecule has 4 fully saturated rings. The van der Waals surface area contributed by atoms with Gasteiger partial charge in [-0.3, -0.25) is 4.74 Å². The molecule has 6 rings (SSSR count). The largest absolute Gasteiger partial charge is 0.502 e. The Morgan fingerprint density at radius 3 is 1.71 bits per heavy atom. The first-order valence-corrected chi connectivity index (χ1v) is 13.2. The number of epoxide rings is 1. The number of aliphatic hydroxyl groups excluding tert-OH is 3. The summed E-state index contributed by atoms with van der Waals surface area (Å²) in [5.41, 5.74) is 1.59. The van der Waals surface area contributed by atoms with Gasteiger partial charge in [0.15, 0.2) is 29.1 Å². The zero-order valence-corrected chi connectivity index (χ0v) is 23.0. The van der Waals surface area contributed by atoms with E-state index in [0.29, 0.717) is 36.2 Å². The van der Waals surface area contributed by atoms with Crippen molar-refractivity contribution in [3.05, 3.63) is 35.4 Å². The van der Waals surface area contributed by atoms with Gasteiger partial charge < -0.3 is 58.3 Å². The van der Waals surface area contributed by atoms with E-state index in [9.17, 15) is 20.4 Å². The molecule has 0 spiro atoms. The molecule has 0 bridgehead atoms. The van der Waals surface area contributed by atoms with Crippen LogP contribution in [0.1, 0.15) is 23.3 Å². The number of hydrogen-bond donors (Lipinski definition) is 4. The molecule has 0 aliphatic carbocycles. The number of methoxy groups -OCH3 is 4. The van der Waals surface area contributed by atoms with Crippen molar-refractivity contribution in [2.45, 2.75) is 42.6 Å². The molecule has 4 saturated heterocycles. The first-order valence-electron chi connectivity index (χ1n) is 13.2. The van der Waals surface area contributed by atoms with Crippen LogP contribution in [0.4, 0.5) is 0 Å². The van der Waals surface area contributed by atoms with E-state index in [1.165, 1.54) is 28.4 Å². The van der Waals surface area contributed by atoms with Crippen LogP contribution in [0.3, 0.4) is 0 Å². The minimum absolute atomic E-state index is 0.00494. The molecule has 13 nitrogen and oxygen atoms in total. The van der Waals surface area contributed by atoms with E-state index in [4.69, 9.17) is 42.6 Å². The second-order valence-electron chi connectivity index (χ2n) is 10.4. The molecule has 2 aromatic carbocycles. The van der Waals surface area contributed by atoms with Crippen molar-refractivity contribution in [2.75, 3.05) is 48.3 Å². The van der Waals surface area contributed by atoms with Gasteiger partial charge in [-0.1, -0.05) is 0 Å². The predicted molar refractivity (Wildman–Crippen MR) is 137 cm³/mol. The fourth-order valence-electron chi connectivity index (χ4n) is 6.07. The Hall–Kier alpha value is -3.04. The Morgan fingerprint density at radius 1 is 0.756 bits per heavy atom. The highest BCUT2D eigenvalue weighted by atomic mass is 17.0. The molecule has 0 saturated carbocycles. The van der Waals surface area contributed by atoms with E-state index in [1.807, 2.05) is 0 Å². The van der Waals surface area contributed by atoms with E-state index < -0.39 is 37.0 Å². The van der Waals surface area contributed by atoms with E-state index in [1.54, 1.807) is 24.3 Å². The summed E-state index contributed by atoms with van der Waals surface area (Å²) in [6, 6.07) is 7.04. The molecule has 224 valence electrons. The van der Waals surface area contributed by atoms with Gasteiger partial charge in [-0.15, -0.1) is 0 Å². The third kappa shape index (κ3) is 4.52. The highest BCUT2D eigenvalue weighted by molar-refractivity contribution is 5.55. The number of rotatable bonds is 9. The Kier molecular flexibility index (Phi) is 7.30. The summed E-state index contributed by atoms with van der Waals surface area (Å²) in [7, 11) is 5.91. The molecular weight excluding hydrogens is 544 g/mol. The summed E-state index contributed by atoms with van der Waals surface area (Å²) in [5, 5.41) is 40.4. The lowest BCUT2D eigenvalue weighted by molar-refractivity contribution is -0.254. The average Bonchev–Trinajstić information content (AvgIpc) is 3.31. The molecule has 0 aromatic heterocycles. The molecule has 4 heterocycles. The van der Waals surface area contributed by atoms with Gasteiger partial charge in [-0.25, -0.2) is 0 Å². The van der Waals surface area contributed by atoms with Crippen LogP contribution in [0.2, 0.25) is 0 Å². The number of ether oxygens (including phenoxy) is 9. The molecule has 2 aromatic rings. The topological polar surface area (TPSA) is 167 Å². The van der Waals surface area contributed by atoms with Crippen molar-refractivity contribution in [2.24, 2.45) is 11.8 Å². The third-order valence-corrected chi connectivity index (χ3v) is 8.27. The van der Waals surface area contributed by atoms with Gasteiger partial charge in [0.2, 0.25) is 11.5 Å². The van der Waals surface area contributed by atoms with Crippen molar-refractivity contribution in [1.29, 1.82) is 0 Å². The van der Waals surface area contributed by atoms with Gasteiger partial charge in [0.1, 0.15) is 18.3 Å². The Labute approximate surface area is 236 Å². The first-order chi connectivity index (χ1) is 19.8. The van der Waals surface area contributed by atoms with Crippen LogP contribution in [-0.2, 0) is 18.9 Å². The van der Waals surface area contributed by atoms with Crippen LogP contribution in [0, 0.1) is 11.8 Å². The van der Waals surface area contributed by atoms with Crippen molar-refractivity contribution in [3.63, 3.8) is 0 Å². The van der Waals surface area contributed by atoms with Crippen LogP contribution in [0.15, 0.2) is 24.3 Å². The van der Waals surface area contributed by atoms with Crippen molar-refractivity contribution in [1.82, 2.24) is 0 Å². The van der Waals surface area contributed by atoms with Crippen molar-refractivity contribution in [3.8, 4) is 34.5 Å². The lowest BCUT2D eigenvalue weighted by Crippen LogP contribution is -2.54. The summed E-state index contributed by atoms with van der Waals surface area (Å²) >= 11 is 0. The molecule has 7 unspecified atom stereocenters. The molecule has 4 aliphatic rings. The van der Waals surface area contributed by atoms with Crippen molar-refractivity contribution < 1.29 is 63.1 Å². The summed E-state index contributed by atoms with van der Waals surface area (Å²) in [4.78, 5) is 0. The number of aliphatic hydroxyl groups is 3. The maximum absolute atomic E-state index is 10.4. The van der Waals surface area contributed by atoms with E-state index in [0.717, 1.165) is 11.1 Å². The molecule has 0 amide bonds. The maximum Gasteiger partial charge on any atom is 0.359 e. The monoisotopic (exact) mass is 578 g/mol.